The number of piperidine rings is 2. The first-order valence-corrected chi connectivity index (χ1v) is 13.2. The summed E-state index contributed by atoms with van der Waals surface area (Å²) in [7, 11) is -3.52. The largest absolute Gasteiger partial charge is 0.352 e. The zero-order chi connectivity index (χ0) is 24.1. The summed E-state index contributed by atoms with van der Waals surface area (Å²) in [6, 6.07) is 12.1. The Hall–Kier alpha value is -2.78. The molecule has 0 radical (unpaired) electrons. The Balaban J connectivity index is 1.26. The summed E-state index contributed by atoms with van der Waals surface area (Å²) >= 11 is 0. The van der Waals surface area contributed by atoms with E-state index in [0.29, 0.717) is 51.1 Å². The van der Waals surface area contributed by atoms with Gasteiger partial charge in [0.15, 0.2) is 0 Å². The Morgan fingerprint density at radius 3 is 2.21 bits per heavy atom. The molecule has 34 heavy (non-hydrogen) atoms. The second-order valence-electron chi connectivity index (χ2n) is 8.91. The Morgan fingerprint density at radius 2 is 1.56 bits per heavy atom. The normalized spacial score (nSPS) is 18.0. The van der Waals surface area contributed by atoms with Crippen LogP contribution in [0.25, 0.3) is 0 Å². The Labute approximate surface area is 200 Å². The van der Waals surface area contributed by atoms with Crippen molar-refractivity contribution in [2.24, 2.45) is 5.92 Å². The van der Waals surface area contributed by atoms with Crippen LogP contribution in [0.3, 0.4) is 0 Å². The van der Waals surface area contributed by atoms with Gasteiger partial charge in [0.1, 0.15) is 5.82 Å². The fourth-order valence-electron chi connectivity index (χ4n) is 4.52. The molecular formula is C25H30FN3O4S. The highest BCUT2D eigenvalue weighted by Crippen LogP contribution is 2.22. The molecule has 2 heterocycles. The molecular weight excluding hydrogens is 457 g/mol. The summed E-state index contributed by atoms with van der Waals surface area (Å²) in [6.45, 7) is 2.56. The van der Waals surface area contributed by atoms with Crippen molar-refractivity contribution >= 4 is 21.8 Å². The van der Waals surface area contributed by atoms with Gasteiger partial charge >= 0.3 is 0 Å². The highest BCUT2D eigenvalue weighted by molar-refractivity contribution is 7.89. The van der Waals surface area contributed by atoms with Gasteiger partial charge in [0.05, 0.1) is 10.5 Å². The fraction of sp³-hybridized carbons (Fsp3) is 0.440. The Morgan fingerprint density at radius 1 is 0.912 bits per heavy atom. The average Bonchev–Trinajstić information content (AvgIpc) is 2.88. The van der Waals surface area contributed by atoms with E-state index < -0.39 is 15.8 Å². The van der Waals surface area contributed by atoms with Gasteiger partial charge in [-0.3, -0.25) is 9.59 Å². The summed E-state index contributed by atoms with van der Waals surface area (Å²) in [4.78, 5) is 27.0. The van der Waals surface area contributed by atoms with Crippen molar-refractivity contribution in [3.05, 3.63) is 65.5 Å². The molecule has 0 aromatic heterocycles. The Bertz CT molecular complexity index is 1120. The van der Waals surface area contributed by atoms with Gasteiger partial charge in [0.2, 0.25) is 10.0 Å². The number of sulfonamides is 1. The van der Waals surface area contributed by atoms with E-state index in [0.717, 1.165) is 19.3 Å². The van der Waals surface area contributed by atoms with Crippen molar-refractivity contribution in [2.45, 2.75) is 37.0 Å². The van der Waals surface area contributed by atoms with Gasteiger partial charge in [0.25, 0.3) is 11.8 Å². The number of halogens is 1. The minimum Gasteiger partial charge on any atom is -0.352 e. The molecule has 2 aromatic rings. The molecule has 2 aromatic carbocycles. The van der Waals surface area contributed by atoms with E-state index in [1.807, 2.05) is 0 Å². The van der Waals surface area contributed by atoms with Crippen LogP contribution in [-0.4, -0.2) is 62.2 Å². The van der Waals surface area contributed by atoms with Crippen LogP contribution in [0, 0.1) is 11.7 Å². The zero-order valence-corrected chi connectivity index (χ0v) is 19.9. The quantitative estimate of drug-likeness (QED) is 0.678. The molecule has 9 heteroatoms. The summed E-state index contributed by atoms with van der Waals surface area (Å²) in [5.41, 5.74) is 0.491. The third-order valence-corrected chi connectivity index (χ3v) is 8.54. The predicted molar refractivity (Wildman–Crippen MR) is 126 cm³/mol. The molecule has 2 amide bonds. The molecule has 0 spiro atoms. The second-order valence-corrected chi connectivity index (χ2v) is 10.9. The lowest BCUT2D eigenvalue weighted by Gasteiger charge is -2.32. The lowest BCUT2D eigenvalue weighted by Crippen LogP contribution is -2.41. The fourth-order valence-corrected chi connectivity index (χ4v) is 6.03. The number of benzene rings is 2. The second kappa shape index (κ2) is 10.7. The highest BCUT2D eigenvalue weighted by Gasteiger charge is 2.27. The first-order valence-electron chi connectivity index (χ1n) is 11.8. The van der Waals surface area contributed by atoms with Gasteiger partial charge in [-0.05, 0) is 68.0 Å². The molecule has 1 N–H and O–H groups in total. The van der Waals surface area contributed by atoms with Gasteiger partial charge in [-0.1, -0.05) is 18.6 Å². The number of nitrogens with one attached hydrogen (secondary N) is 1. The molecule has 0 saturated carbocycles. The first-order chi connectivity index (χ1) is 16.4. The standard InChI is InChI=1S/C25H30FN3O4S/c26-23-7-3-2-6-22(23)25(31)28-16-12-19(13-17-28)18-27-24(30)20-8-10-21(11-9-20)34(32,33)29-14-4-1-5-15-29/h2-3,6-11,19H,1,4-5,12-18H2,(H,27,30). The smallest absolute Gasteiger partial charge is 0.256 e. The molecule has 2 saturated heterocycles. The molecule has 0 unspecified atom stereocenters. The van der Waals surface area contributed by atoms with Crippen LogP contribution in [0.2, 0.25) is 0 Å². The summed E-state index contributed by atoms with van der Waals surface area (Å²) in [5.74, 6) is -0.865. The summed E-state index contributed by atoms with van der Waals surface area (Å²) in [6.07, 6.45) is 4.22. The third kappa shape index (κ3) is 5.47. The van der Waals surface area contributed by atoms with Crippen molar-refractivity contribution in [3.63, 3.8) is 0 Å². The molecule has 0 atom stereocenters. The van der Waals surface area contributed by atoms with Gasteiger partial charge in [-0.15, -0.1) is 0 Å². The lowest BCUT2D eigenvalue weighted by molar-refractivity contribution is 0.0679. The third-order valence-electron chi connectivity index (χ3n) is 6.63. The minimum absolute atomic E-state index is 0.0833. The molecule has 182 valence electrons. The number of hydrogen-bond donors (Lipinski definition) is 1. The lowest BCUT2D eigenvalue weighted by atomic mass is 9.96. The van der Waals surface area contributed by atoms with E-state index in [9.17, 15) is 22.4 Å². The monoisotopic (exact) mass is 487 g/mol. The van der Waals surface area contributed by atoms with E-state index in [2.05, 4.69) is 5.32 Å². The highest BCUT2D eigenvalue weighted by atomic mass is 32.2. The number of nitrogens with zero attached hydrogens (tertiary/aromatic N) is 2. The van der Waals surface area contributed by atoms with E-state index in [-0.39, 0.29) is 28.2 Å². The number of carbonyl (C=O) groups is 2. The topological polar surface area (TPSA) is 86.8 Å². The van der Waals surface area contributed by atoms with Crippen molar-refractivity contribution < 1.29 is 22.4 Å². The summed E-state index contributed by atoms with van der Waals surface area (Å²) in [5, 5.41) is 2.91. The van der Waals surface area contributed by atoms with Crippen molar-refractivity contribution in [1.29, 1.82) is 0 Å². The predicted octanol–water partition coefficient (Wildman–Crippen LogP) is 3.28. The molecule has 2 aliphatic rings. The minimum atomic E-state index is -3.52. The van der Waals surface area contributed by atoms with Crippen LogP contribution in [0.4, 0.5) is 4.39 Å². The maximum absolute atomic E-state index is 13.9. The molecule has 4 rings (SSSR count). The van der Waals surface area contributed by atoms with E-state index in [1.165, 1.54) is 28.6 Å². The molecule has 7 nitrogen and oxygen atoms in total. The van der Waals surface area contributed by atoms with Crippen LogP contribution in [0.1, 0.15) is 52.8 Å². The van der Waals surface area contributed by atoms with Gasteiger partial charge in [-0.2, -0.15) is 4.31 Å². The van der Waals surface area contributed by atoms with Gasteiger partial charge in [-0.25, -0.2) is 12.8 Å². The SMILES string of the molecule is O=C(NCC1CCN(C(=O)c2ccccc2F)CC1)c1ccc(S(=O)(=O)N2CCCCC2)cc1. The number of likely N-dealkylation sites (tertiary alicyclic amines) is 1. The van der Waals surface area contributed by atoms with Crippen molar-refractivity contribution in [1.82, 2.24) is 14.5 Å². The molecule has 0 aliphatic carbocycles. The maximum Gasteiger partial charge on any atom is 0.256 e. The van der Waals surface area contributed by atoms with Crippen LogP contribution < -0.4 is 5.32 Å². The number of rotatable bonds is 6. The zero-order valence-electron chi connectivity index (χ0n) is 19.1. The van der Waals surface area contributed by atoms with Crippen LogP contribution in [0.5, 0.6) is 0 Å². The maximum atomic E-state index is 13.9. The summed E-state index contributed by atoms with van der Waals surface area (Å²) < 4.78 is 40.9. The molecule has 2 aliphatic heterocycles. The first kappa shape index (κ1) is 24.3. The van der Waals surface area contributed by atoms with Crippen LogP contribution >= 0.6 is 0 Å². The molecule has 2 fully saturated rings. The van der Waals surface area contributed by atoms with Crippen molar-refractivity contribution in [2.75, 3.05) is 32.7 Å². The average molecular weight is 488 g/mol. The number of amides is 2. The van der Waals surface area contributed by atoms with Crippen LogP contribution in [0.15, 0.2) is 53.4 Å². The van der Waals surface area contributed by atoms with Crippen LogP contribution in [-0.2, 0) is 10.0 Å². The van der Waals surface area contributed by atoms with Gasteiger partial charge in [0, 0.05) is 38.3 Å². The van der Waals surface area contributed by atoms with E-state index in [4.69, 9.17) is 0 Å². The van der Waals surface area contributed by atoms with Crippen molar-refractivity contribution in [3.8, 4) is 0 Å². The van der Waals surface area contributed by atoms with E-state index >= 15 is 0 Å². The van der Waals surface area contributed by atoms with E-state index in [1.54, 1.807) is 29.2 Å². The van der Waals surface area contributed by atoms with Gasteiger partial charge < -0.3 is 10.2 Å². The number of hydrogen-bond acceptors (Lipinski definition) is 4. The molecule has 0 bridgehead atoms. The number of carbonyl (C=O) groups excluding carboxylic acids is 2. The Kier molecular flexibility index (Phi) is 7.63.